The molecule has 22 heavy (non-hydrogen) atoms. The first-order valence-electron chi connectivity index (χ1n) is 7.17. The van der Waals surface area contributed by atoms with E-state index < -0.39 is 10.0 Å². The average Bonchev–Trinajstić information content (AvgIpc) is 3.00. The molecule has 0 aliphatic carbocycles. The summed E-state index contributed by atoms with van der Waals surface area (Å²) in [5.74, 6) is 0.107. The Bertz CT molecular complexity index is 721. The van der Waals surface area contributed by atoms with E-state index >= 15 is 0 Å². The van der Waals surface area contributed by atoms with E-state index in [-0.39, 0.29) is 18.1 Å². The van der Waals surface area contributed by atoms with Gasteiger partial charge in [-0.15, -0.1) is 11.3 Å². The molecule has 1 heterocycles. The Morgan fingerprint density at radius 3 is 2.55 bits per heavy atom. The van der Waals surface area contributed by atoms with Gasteiger partial charge in [-0.3, -0.25) is 4.79 Å². The zero-order valence-electron chi connectivity index (χ0n) is 12.4. The summed E-state index contributed by atoms with van der Waals surface area (Å²) in [4.78, 5) is 13.7. The molecule has 1 aromatic heterocycles. The highest BCUT2D eigenvalue weighted by Gasteiger charge is 2.13. The van der Waals surface area contributed by atoms with E-state index in [9.17, 15) is 13.2 Å². The second-order valence-corrected chi connectivity index (χ2v) is 8.05. The normalized spacial score (nSPS) is 11.5. The molecule has 0 saturated carbocycles. The van der Waals surface area contributed by atoms with Gasteiger partial charge >= 0.3 is 0 Å². The number of nitrogens with one attached hydrogen (secondary N) is 1. The first-order chi connectivity index (χ1) is 10.5. The van der Waals surface area contributed by atoms with E-state index in [1.807, 2.05) is 25.1 Å². The molecule has 0 atom stereocenters. The Kier molecular flexibility index (Phi) is 5.88. The van der Waals surface area contributed by atoms with Crippen molar-refractivity contribution in [1.29, 1.82) is 0 Å². The van der Waals surface area contributed by atoms with Crippen molar-refractivity contribution in [3.63, 3.8) is 0 Å². The van der Waals surface area contributed by atoms with Gasteiger partial charge in [0.25, 0.3) is 0 Å². The van der Waals surface area contributed by atoms with Gasteiger partial charge in [-0.25, -0.2) is 13.1 Å². The molecule has 0 saturated heterocycles. The largest absolute Gasteiger partial charge is 0.288 e. The Labute approximate surface area is 135 Å². The van der Waals surface area contributed by atoms with Crippen LogP contribution in [0.5, 0.6) is 0 Å². The molecule has 1 N–H and O–H groups in total. The molecule has 0 amide bonds. The number of carbonyl (C=O) groups excluding carboxylic acids is 1. The SMILES string of the molecule is CCCCS(=O)(=O)NCc1ccc(C(=O)c2ccccc2)s1. The number of benzene rings is 1. The van der Waals surface area contributed by atoms with Crippen molar-refractivity contribution in [3.8, 4) is 0 Å². The van der Waals surface area contributed by atoms with Gasteiger partial charge in [0.15, 0.2) is 0 Å². The highest BCUT2D eigenvalue weighted by atomic mass is 32.2. The van der Waals surface area contributed by atoms with Crippen LogP contribution in [0.1, 0.15) is 39.9 Å². The maximum absolute atomic E-state index is 12.3. The smallest absolute Gasteiger partial charge is 0.211 e. The highest BCUT2D eigenvalue weighted by molar-refractivity contribution is 7.89. The summed E-state index contributed by atoms with van der Waals surface area (Å²) >= 11 is 1.32. The summed E-state index contributed by atoms with van der Waals surface area (Å²) in [6.07, 6.45) is 1.49. The molecule has 2 aromatic rings. The fourth-order valence-electron chi connectivity index (χ4n) is 1.91. The van der Waals surface area contributed by atoms with Gasteiger partial charge in [0.05, 0.1) is 10.6 Å². The van der Waals surface area contributed by atoms with Gasteiger partial charge < -0.3 is 0 Å². The third-order valence-electron chi connectivity index (χ3n) is 3.15. The number of rotatable bonds is 8. The van der Waals surface area contributed by atoms with Gasteiger partial charge in [-0.05, 0) is 18.6 Å². The molecule has 6 heteroatoms. The second kappa shape index (κ2) is 7.67. The van der Waals surface area contributed by atoms with Crippen molar-refractivity contribution in [2.45, 2.75) is 26.3 Å². The van der Waals surface area contributed by atoms with Crippen LogP contribution in [0, 0.1) is 0 Å². The number of sulfonamides is 1. The molecule has 0 spiro atoms. The van der Waals surface area contributed by atoms with Crippen molar-refractivity contribution in [2.75, 3.05) is 5.75 Å². The molecule has 0 fully saturated rings. The first kappa shape index (κ1) is 16.9. The lowest BCUT2D eigenvalue weighted by Gasteiger charge is -2.04. The maximum Gasteiger partial charge on any atom is 0.211 e. The molecule has 0 bridgehead atoms. The van der Waals surface area contributed by atoms with E-state index in [4.69, 9.17) is 0 Å². The molecule has 1 aromatic carbocycles. The van der Waals surface area contributed by atoms with Crippen molar-refractivity contribution in [3.05, 3.63) is 57.8 Å². The van der Waals surface area contributed by atoms with Crippen LogP contribution in [0.4, 0.5) is 0 Å². The van der Waals surface area contributed by atoms with Crippen LogP contribution < -0.4 is 4.72 Å². The Morgan fingerprint density at radius 1 is 1.14 bits per heavy atom. The molecule has 0 aliphatic heterocycles. The standard InChI is InChI=1S/C16H19NO3S2/c1-2-3-11-22(19,20)17-12-14-9-10-15(21-14)16(18)13-7-5-4-6-8-13/h4-10,17H,2-3,11-12H2,1H3. The van der Waals surface area contributed by atoms with Crippen LogP contribution >= 0.6 is 11.3 Å². The molecule has 0 radical (unpaired) electrons. The number of carbonyl (C=O) groups is 1. The molecule has 2 rings (SSSR count). The quantitative estimate of drug-likeness (QED) is 0.752. The number of ketones is 1. The molecular weight excluding hydrogens is 318 g/mol. The third-order valence-corrected chi connectivity index (χ3v) is 5.65. The van der Waals surface area contributed by atoms with E-state index in [1.165, 1.54) is 11.3 Å². The minimum atomic E-state index is -3.23. The van der Waals surface area contributed by atoms with Crippen LogP contribution in [-0.4, -0.2) is 20.0 Å². The Balaban J connectivity index is 1.99. The van der Waals surface area contributed by atoms with Gasteiger partial charge in [0.1, 0.15) is 0 Å². The molecule has 0 unspecified atom stereocenters. The topological polar surface area (TPSA) is 63.2 Å². The third kappa shape index (κ3) is 4.76. The summed E-state index contributed by atoms with van der Waals surface area (Å²) in [5, 5.41) is 0. The zero-order chi connectivity index (χ0) is 16.0. The van der Waals surface area contributed by atoms with Crippen LogP contribution in [0.3, 0.4) is 0 Å². The van der Waals surface area contributed by atoms with Crippen molar-refractivity contribution < 1.29 is 13.2 Å². The lowest BCUT2D eigenvalue weighted by Crippen LogP contribution is -2.25. The maximum atomic E-state index is 12.3. The monoisotopic (exact) mass is 337 g/mol. The van der Waals surface area contributed by atoms with Crippen LogP contribution in [0.2, 0.25) is 0 Å². The second-order valence-electron chi connectivity index (χ2n) is 4.95. The predicted molar refractivity (Wildman–Crippen MR) is 89.7 cm³/mol. The van der Waals surface area contributed by atoms with Gasteiger partial charge in [0, 0.05) is 17.0 Å². The van der Waals surface area contributed by atoms with E-state index in [0.29, 0.717) is 16.9 Å². The van der Waals surface area contributed by atoms with Crippen LogP contribution in [0.25, 0.3) is 0 Å². The lowest BCUT2D eigenvalue weighted by molar-refractivity contribution is 0.104. The number of unbranched alkanes of at least 4 members (excludes halogenated alkanes) is 1. The van der Waals surface area contributed by atoms with Crippen molar-refractivity contribution in [2.24, 2.45) is 0 Å². The first-order valence-corrected chi connectivity index (χ1v) is 9.64. The van der Waals surface area contributed by atoms with E-state index in [2.05, 4.69) is 4.72 Å². The van der Waals surface area contributed by atoms with Crippen LogP contribution in [-0.2, 0) is 16.6 Å². The minimum absolute atomic E-state index is 0.0364. The summed E-state index contributed by atoms with van der Waals surface area (Å²) in [6, 6.07) is 12.6. The number of hydrogen-bond donors (Lipinski definition) is 1. The van der Waals surface area contributed by atoms with E-state index in [0.717, 1.165) is 11.3 Å². The molecule has 118 valence electrons. The van der Waals surface area contributed by atoms with Gasteiger partial charge in [0.2, 0.25) is 15.8 Å². The Morgan fingerprint density at radius 2 is 1.86 bits per heavy atom. The van der Waals surface area contributed by atoms with Gasteiger partial charge in [-0.1, -0.05) is 43.7 Å². The van der Waals surface area contributed by atoms with E-state index in [1.54, 1.807) is 24.3 Å². The fourth-order valence-corrected chi connectivity index (χ4v) is 4.10. The summed E-state index contributed by atoms with van der Waals surface area (Å²) in [5.41, 5.74) is 0.638. The Hall–Kier alpha value is -1.50. The number of hydrogen-bond acceptors (Lipinski definition) is 4. The summed E-state index contributed by atoms with van der Waals surface area (Å²) < 4.78 is 26.1. The lowest BCUT2D eigenvalue weighted by atomic mass is 10.1. The van der Waals surface area contributed by atoms with Crippen LogP contribution in [0.15, 0.2) is 42.5 Å². The predicted octanol–water partition coefficient (Wildman–Crippen LogP) is 3.20. The summed E-state index contributed by atoms with van der Waals surface area (Å²) in [6.45, 7) is 2.19. The minimum Gasteiger partial charge on any atom is -0.288 e. The zero-order valence-corrected chi connectivity index (χ0v) is 14.0. The molecular formula is C16H19NO3S2. The fraction of sp³-hybridized carbons (Fsp3) is 0.312. The van der Waals surface area contributed by atoms with Crippen molar-refractivity contribution >= 4 is 27.1 Å². The molecule has 4 nitrogen and oxygen atoms in total. The molecule has 0 aliphatic rings. The average molecular weight is 337 g/mol. The summed E-state index contributed by atoms with van der Waals surface area (Å²) in [7, 11) is -3.23. The number of thiophene rings is 1. The highest BCUT2D eigenvalue weighted by Crippen LogP contribution is 2.20. The van der Waals surface area contributed by atoms with Gasteiger partial charge in [-0.2, -0.15) is 0 Å². The van der Waals surface area contributed by atoms with Crippen molar-refractivity contribution in [1.82, 2.24) is 4.72 Å².